The second-order valence-electron chi connectivity index (χ2n) is 5.15. The van der Waals surface area contributed by atoms with Crippen molar-refractivity contribution in [2.75, 3.05) is 7.11 Å². The lowest BCUT2D eigenvalue weighted by molar-refractivity contribution is -0.145. The van der Waals surface area contributed by atoms with Crippen molar-refractivity contribution in [3.05, 3.63) is 35.9 Å². The van der Waals surface area contributed by atoms with Crippen molar-refractivity contribution in [1.29, 1.82) is 0 Å². The van der Waals surface area contributed by atoms with Crippen molar-refractivity contribution in [3.63, 3.8) is 0 Å². The van der Waals surface area contributed by atoms with Gasteiger partial charge in [0.1, 0.15) is 0 Å². The van der Waals surface area contributed by atoms with E-state index in [0.29, 0.717) is 0 Å². The van der Waals surface area contributed by atoms with Crippen molar-refractivity contribution >= 4 is 11.9 Å². The molecule has 0 spiro atoms. The second-order valence-corrected chi connectivity index (χ2v) is 5.15. The summed E-state index contributed by atoms with van der Waals surface area (Å²) in [6.07, 6.45) is 3.57. The zero-order valence-corrected chi connectivity index (χ0v) is 13.1. The zero-order valence-electron chi connectivity index (χ0n) is 13.1. The van der Waals surface area contributed by atoms with Gasteiger partial charge in [0.25, 0.3) is 0 Å². The number of esters is 1. The molecule has 0 radical (unpaired) electrons. The van der Waals surface area contributed by atoms with Gasteiger partial charge in [-0.15, -0.1) is 0 Å². The van der Waals surface area contributed by atoms with Crippen molar-refractivity contribution in [3.8, 4) is 0 Å². The molecule has 0 aliphatic rings. The van der Waals surface area contributed by atoms with Gasteiger partial charge in [0.2, 0.25) is 5.91 Å². The Morgan fingerprint density at radius 3 is 2.14 bits per heavy atom. The number of methoxy groups -OCH3 is 1. The topological polar surface area (TPSA) is 55.4 Å². The van der Waals surface area contributed by atoms with Crippen LogP contribution in [-0.4, -0.2) is 19.0 Å². The van der Waals surface area contributed by atoms with E-state index in [9.17, 15) is 9.59 Å². The monoisotopic (exact) mass is 291 g/mol. The lowest BCUT2D eigenvalue weighted by Crippen LogP contribution is -2.38. The minimum atomic E-state index is -0.736. The van der Waals surface area contributed by atoms with E-state index in [1.165, 1.54) is 7.11 Å². The Kier molecular flexibility index (Phi) is 7.51. The summed E-state index contributed by atoms with van der Waals surface area (Å²) in [5.74, 6) is -0.560. The van der Waals surface area contributed by atoms with E-state index >= 15 is 0 Å². The van der Waals surface area contributed by atoms with E-state index in [-0.39, 0.29) is 11.8 Å². The first-order chi connectivity index (χ1) is 10.1. The molecule has 0 bridgehead atoms. The first kappa shape index (κ1) is 17.2. The second kappa shape index (κ2) is 9.16. The number of carbonyl (C=O) groups excluding carboxylic acids is 2. The Labute approximate surface area is 126 Å². The molecule has 1 atom stereocenters. The third-order valence-electron chi connectivity index (χ3n) is 3.50. The van der Waals surface area contributed by atoms with Crippen LogP contribution in [0.2, 0.25) is 0 Å². The summed E-state index contributed by atoms with van der Waals surface area (Å²) in [5.41, 5.74) is 0.740. The number of carbonyl (C=O) groups is 2. The molecule has 1 aromatic carbocycles. The third kappa shape index (κ3) is 5.21. The van der Waals surface area contributed by atoms with Gasteiger partial charge in [0, 0.05) is 5.92 Å². The number of ether oxygens (including phenoxy) is 1. The molecule has 0 aromatic heterocycles. The molecule has 0 fully saturated rings. The van der Waals surface area contributed by atoms with Gasteiger partial charge in [0.05, 0.1) is 7.11 Å². The molecule has 0 aliphatic heterocycles. The molecule has 0 heterocycles. The highest BCUT2D eigenvalue weighted by molar-refractivity contribution is 5.86. The summed E-state index contributed by atoms with van der Waals surface area (Å²) in [4.78, 5) is 24.4. The largest absolute Gasteiger partial charge is 0.467 e. The summed E-state index contributed by atoms with van der Waals surface area (Å²) in [5, 5.41) is 2.84. The first-order valence-corrected chi connectivity index (χ1v) is 7.57. The Balaban J connectivity index is 2.86. The smallest absolute Gasteiger partial charge is 0.333 e. The Morgan fingerprint density at radius 1 is 1.10 bits per heavy atom. The fourth-order valence-electron chi connectivity index (χ4n) is 2.41. The van der Waals surface area contributed by atoms with Gasteiger partial charge in [-0.2, -0.15) is 0 Å². The van der Waals surface area contributed by atoms with Crippen LogP contribution in [0.1, 0.15) is 51.1 Å². The molecule has 1 N–H and O–H groups in total. The van der Waals surface area contributed by atoms with E-state index in [4.69, 9.17) is 4.74 Å². The lowest BCUT2D eigenvalue weighted by Gasteiger charge is -2.21. The predicted octanol–water partition coefficient (Wildman–Crippen LogP) is 3.23. The molecular formula is C17H25NO3. The number of rotatable bonds is 8. The average Bonchev–Trinajstić information content (AvgIpc) is 2.52. The summed E-state index contributed by atoms with van der Waals surface area (Å²) >= 11 is 0. The quantitative estimate of drug-likeness (QED) is 0.748. The molecule has 0 saturated carbocycles. The SMILES string of the molecule is CCCC(CCC)C(=O)NC(C(=O)OC)c1ccccc1. The molecule has 1 rings (SSSR count). The first-order valence-electron chi connectivity index (χ1n) is 7.57. The molecule has 1 amide bonds. The van der Waals surface area contributed by atoms with Gasteiger partial charge in [-0.05, 0) is 18.4 Å². The summed E-state index contributed by atoms with van der Waals surface area (Å²) in [6, 6.07) is 8.45. The highest BCUT2D eigenvalue weighted by Gasteiger charge is 2.26. The van der Waals surface area contributed by atoms with Crippen LogP contribution >= 0.6 is 0 Å². The van der Waals surface area contributed by atoms with E-state index < -0.39 is 12.0 Å². The van der Waals surface area contributed by atoms with Crippen LogP contribution in [-0.2, 0) is 14.3 Å². The van der Waals surface area contributed by atoms with Gasteiger partial charge in [-0.3, -0.25) is 4.79 Å². The van der Waals surface area contributed by atoms with Crippen LogP contribution in [0.25, 0.3) is 0 Å². The van der Waals surface area contributed by atoms with Crippen molar-refractivity contribution in [2.45, 2.75) is 45.6 Å². The standard InChI is InChI=1S/C17H25NO3/c1-4-9-14(10-5-2)16(19)18-15(17(20)21-3)13-11-7-6-8-12-13/h6-8,11-12,14-15H,4-5,9-10H2,1-3H3,(H,18,19). The molecule has 4 nitrogen and oxygen atoms in total. The van der Waals surface area contributed by atoms with Crippen molar-refractivity contribution in [2.24, 2.45) is 5.92 Å². The van der Waals surface area contributed by atoms with Crippen LogP contribution in [0.4, 0.5) is 0 Å². The van der Waals surface area contributed by atoms with E-state index in [2.05, 4.69) is 19.2 Å². The minimum absolute atomic E-state index is 0.0455. The fraction of sp³-hybridized carbons (Fsp3) is 0.529. The maximum atomic E-state index is 12.4. The summed E-state index contributed by atoms with van der Waals surface area (Å²) < 4.78 is 4.81. The van der Waals surface area contributed by atoms with E-state index in [1.807, 2.05) is 30.3 Å². The van der Waals surface area contributed by atoms with Gasteiger partial charge in [-0.1, -0.05) is 57.0 Å². The molecule has 116 valence electrons. The number of hydrogen-bond acceptors (Lipinski definition) is 3. The van der Waals surface area contributed by atoms with Crippen LogP contribution < -0.4 is 5.32 Å². The highest BCUT2D eigenvalue weighted by Crippen LogP contribution is 2.18. The fourth-order valence-corrected chi connectivity index (χ4v) is 2.41. The molecule has 1 unspecified atom stereocenters. The Hall–Kier alpha value is -1.84. The van der Waals surface area contributed by atoms with Crippen LogP contribution in [0.5, 0.6) is 0 Å². The maximum Gasteiger partial charge on any atom is 0.333 e. The zero-order chi connectivity index (χ0) is 15.7. The van der Waals surface area contributed by atoms with E-state index in [0.717, 1.165) is 31.2 Å². The Bertz CT molecular complexity index is 439. The number of benzene rings is 1. The molecule has 0 saturated heterocycles. The average molecular weight is 291 g/mol. The molecular weight excluding hydrogens is 266 g/mol. The highest BCUT2D eigenvalue weighted by atomic mass is 16.5. The van der Waals surface area contributed by atoms with Gasteiger partial charge in [0.15, 0.2) is 6.04 Å². The minimum Gasteiger partial charge on any atom is -0.467 e. The lowest BCUT2D eigenvalue weighted by atomic mass is 9.96. The van der Waals surface area contributed by atoms with E-state index in [1.54, 1.807) is 0 Å². The Morgan fingerprint density at radius 2 is 1.67 bits per heavy atom. The van der Waals surface area contributed by atoms with Crippen LogP contribution in [0.3, 0.4) is 0 Å². The van der Waals surface area contributed by atoms with Gasteiger partial charge in [-0.25, -0.2) is 4.79 Å². The van der Waals surface area contributed by atoms with Gasteiger partial charge >= 0.3 is 5.97 Å². The summed E-state index contributed by atoms with van der Waals surface area (Å²) in [6.45, 7) is 4.12. The van der Waals surface area contributed by atoms with Crippen molar-refractivity contribution < 1.29 is 14.3 Å². The van der Waals surface area contributed by atoms with Crippen LogP contribution in [0.15, 0.2) is 30.3 Å². The predicted molar refractivity (Wildman–Crippen MR) is 82.6 cm³/mol. The normalized spacial score (nSPS) is 12.0. The number of amides is 1. The molecule has 1 aromatic rings. The summed E-state index contributed by atoms with van der Waals surface area (Å²) in [7, 11) is 1.33. The number of nitrogens with one attached hydrogen (secondary N) is 1. The van der Waals surface area contributed by atoms with Crippen LogP contribution in [0, 0.1) is 5.92 Å². The third-order valence-corrected chi connectivity index (χ3v) is 3.50. The van der Waals surface area contributed by atoms with Gasteiger partial charge < -0.3 is 10.1 Å². The maximum absolute atomic E-state index is 12.4. The molecule has 4 heteroatoms. The number of hydrogen-bond donors (Lipinski definition) is 1. The van der Waals surface area contributed by atoms with Crippen molar-refractivity contribution in [1.82, 2.24) is 5.32 Å². The molecule has 0 aliphatic carbocycles. The molecule has 21 heavy (non-hydrogen) atoms.